The number of hydrogen-bond acceptors (Lipinski definition) is 5. The van der Waals surface area contributed by atoms with Gasteiger partial charge in [0.15, 0.2) is 5.82 Å². The molecule has 1 atom stereocenters. The van der Waals surface area contributed by atoms with Crippen molar-refractivity contribution in [3.05, 3.63) is 18.5 Å². The number of aryl methyl sites for hydroxylation is 1. The molecule has 8 heteroatoms. The Morgan fingerprint density at radius 1 is 1.44 bits per heavy atom. The molecule has 25 heavy (non-hydrogen) atoms. The summed E-state index contributed by atoms with van der Waals surface area (Å²) in [6, 6.07) is -0.236. The van der Waals surface area contributed by atoms with Gasteiger partial charge in [-0.3, -0.25) is 15.0 Å². The van der Waals surface area contributed by atoms with Crippen LogP contribution in [0.4, 0.5) is 10.7 Å². The Kier molecular flexibility index (Phi) is 5.81. The van der Waals surface area contributed by atoms with Gasteiger partial charge >= 0.3 is 6.09 Å². The highest BCUT2D eigenvalue weighted by Gasteiger charge is 2.35. The molecule has 1 aliphatic rings. The van der Waals surface area contributed by atoms with E-state index >= 15 is 0 Å². The maximum Gasteiger partial charge on any atom is 0.410 e. The zero-order valence-electron chi connectivity index (χ0n) is 15.4. The highest BCUT2D eigenvalue weighted by molar-refractivity contribution is 5.89. The van der Waals surface area contributed by atoms with Gasteiger partial charge in [0, 0.05) is 20.0 Å². The molecule has 1 aromatic heterocycles. The van der Waals surface area contributed by atoms with Crippen molar-refractivity contribution in [3.63, 3.8) is 0 Å². The summed E-state index contributed by atoms with van der Waals surface area (Å²) in [6.07, 6.45) is 3.92. The van der Waals surface area contributed by atoms with E-state index in [1.54, 1.807) is 18.0 Å². The molecule has 8 nitrogen and oxygen atoms in total. The first kappa shape index (κ1) is 19.0. The van der Waals surface area contributed by atoms with E-state index in [2.05, 4.69) is 22.0 Å². The Balaban J connectivity index is 2.10. The molecule has 0 bridgehead atoms. The number of anilines is 1. The lowest BCUT2D eigenvalue weighted by Crippen LogP contribution is -2.36. The lowest BCUT2D eigenvalue weighted by molar-refractivity contribution is -0.116. The summed E-state index contributed by atoms with van der Waals surface area (Å²) in [5.41, 5.74) is -0.550. The Hall–Kier alpha value is -2.38. The van der Waals surface area contributed by atoms with Crippen LogP contribution in [0.2, 0.25) is 0 Å². The molecule has 138 valence electrons. The normalized spacial score (nSPS) is 17.4. The summed E-state index contributed by atoms with van der Waals surface area (Å²) in [7, 11) is 1.71. The highest BCUT2D eigenvalue weighted by atomic mass is 16.6. The average molecular weight is 349 g/mol. The van der Waals surface area contributed by atoms with Gasteiger partial charge in [-0.15, -0.1) is 6.58 Å². The van der Waals surface area contributed by atoms with Crippen molar-refractivity contribution in [1.29, 1.82) is 0 Å². The second-order valence-electron chi connectivity index (χ2n) is 7.12. The number of nitrogens with zero attached hydrogens (tertiary/aromatic N) is 4. The molecule has 1 saturated heterocycles. The number of nitrogens with one attached hydrogen (secondary N) is 1. The number of likely N-dealkylation sites (tertiary alicyclic amines) is 1. The Bertz CT molecular complexity index is 647. The van der Waals surface area contributed by atoms with Gasteiger partial charge in [0.05, 0.1) is 6.04 Å². The fourth-order valence-corrected chi connectivity index (χ4v) is 2.65. The molecule has 1 N–H and O–H groups in total. The molecule has 0 unspecified atom stereocenters. The van der Waals surface area contributed by atoms with Gasteiger partial charge in [0.1, 0.15) is 5.60 Å². The third-order valence-electron chi connectivity index (χ3n) is 3.79. The Morgan fingerprint density at radius 3 is 2.80 bits per heavy atom. The van der Waals surface area contributed by atoms with E-state index in [1.807, 2.05) is 20.8 Å². The predicted molar refractivity (Wildman–Crippen MR) is 94.0 cm³/mol. The van der Waals surface area contributed by atoms with Gasteiger partial charge in [-0.2, -0.15) is 10.1 Å². The second-order valence-corrected chi connectivity index (χ2v) is 7.12. The van der Waals surface area contributed by atoms with E-state index in [-0.39, 0.29) is 18.0 Å². The summed E-state index contributed by atoms with van der Waals surface area (Å²) in [5, 5.41) is 7.12. The van der Waals surface area contributed by atoms with Crippen molar-refractivity contribution in [1.82, 2.24) is 19.7 Å². The SMILES string of the molecule is C=CCCC(=O)Nc1nc([C@H]2CCCN2C(=O)OC(C)(C)C)nn1C. The fraction of sp³-hybridized carbons (Fsp3) is 0.647. The van der Waals surface area contributed by atoms with Crippen LogP contribution in [0.3, 0.4) is 0 Å². The topological polar surface area (TPSA) is 89.3 Å². The van der Waals surface area contributed by atoms with Crippen LogP contribution in [0.5, 0.6) is 0 Å². The van der Waals surface area contributed by atoms with Gasteiger partial charge in [-0.05, 0) is 40.0 Å². The van der Waals surface area contributed by atoms with E-state index in [4.69, 9.17) is 4.74 Å². The minimum atomic E-state index is -0.550. The van der Waals surface area contributed by atoms with Crippen LogP contribution in [0, 0.1) is 0 Å². The van der Waals surface area contributed by atoms with E-state index in [0.29, 0.717) is 31.2 Å². The predicted octanol–water partition coefficient (Wildman–Crippen LogP) is 2.79. The molecule has 0 spiro atoms. The fourth-order valence-electron chi connectivity index (χ4n) is 2.65. The number of carbonyl (C=O) groups excluding carboxylic acids is 2. The van der Waals surface area contributed by atoms with Crippen molar-refractivity contribution in [3.8, 4) is 0 Å². The Morgan fingerprint density at radius 2 is 2.16 bits per heavy atom. The van der Waals surface area contributed by atoms with E-state index in [0.717, 1.165) is 12.8 Å². The highest BCUT2D eigenvalue weighted by Crippen LogP contribution is 2.32. The molecule has 0 aliphatic carbocycles. The van der Waals surface area contributed by atoms with Crippen LogP contribution in [-0.2, 0) is 16.6 Å². The summed E-state index contributed by atoms with van der Waals surface area (Å²) < 4.78 is 6.99. The lowest BCUT2D eigenvalue weighted by Gasteiger charge is -2.27. The molecule has 2 heterocycles. The lowest BCUT2D eigenvalue weighted by atomic mass is 10.2. The number of aromatic nitrogens is 3. The van der Waals surface area contributed by atoms with Crippen molar-refractivity contribution in [2.75, 3.05) is 11.9 Å². The zero-order chi connectivity index (χ0) is 18.6. The summed E-state index contributed by atoms with van der Waals surface area (Å²) in [5.74, 6) is 0.752. The third-order valence-corrected chi connectivity index (χ3v) is 3.79. The number of carbonyl (C=O) groups is 2. The first-order valence-electron chi connectivity index (χ1n) is 8.52. The first-order chi connectivity index (χ1) is 11.7. The minimum Gasteiger partial charge on any atom is -0.444 e. The van der Waals surface area contributed by atoms with E-state index in [1.165, 1.54) is 4.68 Å². The van der Waals surface area contributed by atoms with Crippen LogP contribution in [0.15, 0.2) is 12.7 Å². The van der Waals surface area contributed by atoms with Crippen molar-refractivity contribution in [2.45, 2.75) is 58.1 Å². The molecule has 0 aromatic carbocycles. The molecule has 0 saturated carbocycles. The number of hydrogen-bond donors (Lipinski definition) is 1. The zero-order valence-corrected chi connectivity index (χ0v) is 15.4. The maximum absolute atomic E-state index is 12.4. The van der Waals surface area contributed by atoms with Crippen LogP contribution < -0.4 is 5.32 Å². The van der Waals surface area contributed by atoms with Gasteiger partial charge in [0.25, 0.3) is 0 Å². The van der Waals surface area contributed by atoms with Crippen molar-refractivity contribution in [2.24, 2.45) is 7.05 Å². The average Bonchev–Trinajstić information content (AvgIpc) is 3.11. The van der Waals surface area contributed by atoms with Crippen LogP contribution >= 0.6 is 0 Å². The largest absolute Gasteiger partial charge is 0.444 e. The first-order valence-corrected chi connectivity index (χ1v) is 8.52. The summed E-state index contributed by atoms with van der Waals surface area (Å²) in [4.78, 5) is 30.3. The van der Waals surface area contributed by atoms with Crippen LogP contribution in [-0.4, -0.2) is 43.8 Å². The molecular weight excluding hydrogens is 322 g/mol. The molecule has 1 fully saturated rings. The number of allylic oxidation sites excluding steroid dienone is 1. The molecule has 0 radical (unpaired) electrons. The number of rotatable bonds is 5. The molecule has 1 aromatic rings. The Labute approximate surface area is 148 Å². The number of amides is 2. The van der Waals surface area contributed by atoms with E-state index < -0.39 is 5.60 Å². The van der Waals surface area contributed by atoms with E-state index in [9.17, 15) is 9.59 Å². The summed E-state index contributed by atoms with van der Waals surface area (Å²) in [6.45, 7) is 9.73. The van der Waals surface area contributed by atoms with Gasteiger partial charge < -0.3 is 4.74 Å². The van der Waals surface area contributed by atoms with Crippen LogP contribution in [0.25, 0.3) is 0 Å². The van der Waals surface area contributed by atoms with Crippen LogP contribution in [0.1, 0.15) is 58.3 Å². The standard InChI is InChI=1S/C17H27N5O3/c1-6-7-10-13(23)18-15-19-14(20-21(15)5)12-9-8-11-22(12)16(24)25-17(2,3)4/h6,12H,1,7-11H2,2-5H3,(H,18,19,20,23)/t12-/m1/s1. The third kappa shape index (κ3) is 5.04. The number of ether oxygens (including phenoxy) is 1. The molecule has 1 aliphatic heterocycles. The monoisotopic (exact) mass is 349 g/mol. The molecule has 2 rings (SSSR count). The summed E-state index contributed by atoms with van der Waals surface area (Å²) >= 11 is 0. The molecule has 2 amide bonds. The quantitative estimate of drug-likeness (QED) is 0.826. The van der Waals surface area contributed by atoms with Crippen molar-refractivity contribution < 1.29 is 14.3 Å². The van der Waals surface area contributed by atoms with Gasteiger partial charge in [0.2, 0.25) is 11.9 Å². The maximum atomic E-state index is 12.4. The molecular formula is C17H27N5O3. The van der Waals surface area contributed by atoms with Gasteiger partial charge in [-0.1, -0.05) is 6.08 Å². The van der Waals surface area contributed by atoms with Crippen molar-refractivity contribution >= 4 is 17.9 Å². The second kappa shape index (κ2) is 7.67. The smallest absolute Gasteiger partial charge is 0.410 e. The van der Waals surface area contributed by atoms with Gasteiger partial charge in [-0.25, -0.2) is 9.48 Å². The minimum absolute atomic E-state index is 0.141.